The molecule has 1 N–H and O–H groups in total. The van der Waals surface area contributed by atoms with Crippen molar-refractivity contribution in [2.45, 2.75) is 13.8 Å². The van der Waals surface area contributed by atoms with Crippen molar-refractivity contribution < 1.29 is 14.3 Å². The van der Waals surface area contributed by atoms with Crippen LogP contribution in [0.4, 0.5) is 0 Å². The number of benzene rings is 1. The zero-order valence-corrected chi connectivity index (χ0v) is 10.9. The molecule has 4 nitrogen and oxygen atoms in total. The van der Waals surface area contributed by atoms with Crippen LogP contribution < -0.4 is 0 Å². The van der Waals surface area contributed by atoms with Gasteiger partial charge in [0.2, 0.25) is 5.78 Å². The van der Waals surface area contributed by atoms with E-state index in [1.54, 1.807) is 38.1 Å². The lowest BCUT2D eigenvalue weighted by Crippen LogP contribution is -2.07. The first kappa shape index (κ1) is 13.1. The average Bonchev–Trinajstić information content (AvgIpc) is 2.81. The predicted octanol–water partition coefficient (Wildman–Crippen LogP) is 2.73. The fourth-order valence-electron chi connectivity index (χ4n) is 1.89. The quantitative estimate of drug-likeness (QED) is 0.676. The molecule has 0 atom stereocenters. The number of hydrogen-bond donors (Lipinski definition) is 1. The summed E-state index contributed by atoms with van der Waals surface area (Å²) in [7, 11) is 0. The molecule has 0 aliphatic rings. The molecule has 0 amide bonds. The van der Waals surface area contributed by atoms with Gasteiger partial charge in [-0.05, 0) is 19.4 Å². The first-order valence-electron chi connectivity index (χ1n) is 6.10. The van der Waals surface area contributed by atoms with Crippen LogP contribution in [0.15, 0.2) is 36.5 Å². The Kier molecular flexibility index (Phi) is 3.80. The van der Waals surface area contributed by atoms with E-state index in [0.717, 1.165) is 0 Å². The van der Waals surface area contributed by atoms with Gasteiger partial charge in [-0.15, -0.1) is 0 Å². The number of hydrogen-bond acceptors (Lipinski definition) is 3. The summed E-state index contributed by atoms with van der Waals surface area (Å²) in [5, 5.41) is 0. The molecule has 19 heavy (non-hydrogen) atoms. The Bertz CT molecular complexity index is 599. The van der Waals surface area contributed by atoms with Gasteiger partial charge in [0.1, 0.15) is 0 Å². The Morgan fingerprint density at radius 2 is 1.89 bits per heavy atom. The van der Waals surface area contributed by atoms with E-state index in [9.17, 15) is 9.59 Å². The number of carbonyl (C=O) groups excluding carboxylic acids is 2. The zero-order valence-electron chi connectivity index (χ0n) is 10.9. The summed E-state index contributed by atoms with van der Waals surface area (Å²) in [6.07, 6.45) is 1.52. The largest absolute Gasteiger partial charge is 0.462 e. The zero-order chi connectivity index (χ0) is 13.8. The smallest absolute Gasteiger partial charge is 0.339 e. The van der Waals surface area contributed by atoms with Crippen molar-refractivity contribution in [2.24, 2.45) is 0 Å². The molecule has 2 aromatic rings. The highest BCUT2D eigenvalue weighted by Crippen LogP contribution is 2.17. The van der Waals surface area contributed by atoms with Crippen molar-refractivity contribution in [1.82, 2.24) is 4.98 Å². The standard InChI is InChI=1S/C15H15NO3/c1-3-19-15(18)12-9-16-13(10(12)2)14(17)11-7-5-4-6-8-11/h4-9,16H,3H2,1-2H3. The van der Waals surface area contributed by atoms with Crippen molar-refractivity contribution in [2.75, 3.05) is 6.61 Å². The monoisotopic (exact) mass is 257 g/mol. The van der Waals surface area contributed by atoms with Gasteiger partial charge in [-0.2, -0.15) is 0 Å². The minimum atomic E-state index is -0.414. The maximum Gasteiger partial charge on any atom is 0.339 e. The van der Waals surface area contributed by atoms with Crippen LogP contribution in [-0.2, 0) is 4.74 Å². The van der Waals surface area contributed by atoms with Crippen LogP contribution in [-0.4, -0.2) is 23.3 Å². The summed E-state index contributed by atoms with van der Waals surface area (Å²) in [6.45, 7) is 3.79. The maximum absolute atomic E-state index is 12.3. The maximum atomic E-state index is 12.3. The van der Waals surface area contributed by atoms with E-state index in [1.807, 2.05) is 6.07 Å². The Morgan fingerprint density at radius 3 is 2.53 bits per heavy atom. The van der Waals surface area contributed by atoms with Gasteiger partial charge in [0.05, 0.1) is 17.9 Å². The highest BCUT2D eigenvalue weighted by atomic mass is 16.5. The molecule has 0 aliphatic heterocycles. The van der Waals surface area contributed by atoms with Crippen LogP contribution in [0.2, 0.25) is 0 Å². The Balaban J connectivity index is 2.32. The van der Waals surface area contributed by atoms with Crippen LogP contribution in [0.3, 0.4) is 0 Å². The normalized spacial score (nSPS) is 10.2. The molecule has 0 fully saturated rings. The fraction of sp³-hybridized carbons (Fsp3) is 0.200. The van der Waals surface area contributed by atoms with Crippen LogP contribution in [0.25, 0.3) is 0 Å². The second-order valence-electron chi connectivity index (χ2n) is 4.12. The number of ether oxygens (including phenoxy) is 1. The lowest BCUT2D eigenvalue weighted by molar-refractivity contribution is 0.0526. The molecule has 4 heteroatoms. The predicted molar refractivity (Wildman–Crippen MR) is 71.4 cm³/mol. The third kappa shape index (κ3) is 2.57. The summed E-state index contributed by atoms with van der Waals surface area (Å²) >= 11 is 0. The van der Waals surface area contributed by atoms with E-state index in [1.165, 1.54) is 6.20 Å². The number of nitrogens with one attached hydrogen (secondary N) is 1. The number of ketones is 1. The SMILES string of the molecule is CCOC(=O)c1c[nH]c(C(=O)c2ccccc2)c1C. The van der Waals surface area contributed by atoms with E-state index in [4.69, 9.17) is 4.74 Å². The van der Waals surface area contributed by atoms with E-state index in [2.05, 4.69) is 4.98 Å². The van der Waals surface area contributed by atoms with Gasteiger partial charge in [-0.25, -0.2) is 4.79 Å². The van der Waals surface area contributed by atoms with Crippen molar-refractivity contribution in [3.8, 4) is 0 Å². The second kappa shape index (κ2) is 5.52. The summed E-state index contributed by atoms with van der Waals surface area (Å²) < 4.78 is 4.94. The molecule has 1 heterocycles. The minimum Gasteiger partial charge on any atom is -0.462 e. The minimum absolute atomic E-state index is 0.131. The number of carbonyl (C=O) groups is 2. The van der Waals surface area contributed by atoms with E-state index >= 15 is 0 Å². The first-order chi connectivity index (χ1) is 9.15. The Labute approximate surface area is 111 Å². The fourth-order valence-corrected chi connectivity index (χ4v) is 1.89. The van der Waals surface area contributed by atoms with Gasteiger partial charge in [-0.1, -0.05) is 30.3 Å². The van der Waals surface area contributed by atoms with Crippen molar-refractivity contribution in [1.29, 1.82) is 0 Å². The highest BCUT2D eigenvalue weighted by Gasteiger charge is 2.20. The topological polar surface area (TPSA) is 59.2 Å². The molecular formula is C15H15NO3. The van der Waals surface area contributed by atoms with E-state index in [-0.39, 0.29) is 5.78 Å². The van der Waals surface area contributed by atoms with Gasteiger partial charge in [-0.3, -0.25) is 4.79 Å². The first-order valence-corrected chi connectivity index (χ1v) is 6.10. The van der Waals surface area contributed by atoms with Gasteiger partial charge >= 0.3 is 5.97 Å². The molecule has 0 saturated heterocycles. The molecule has 0 spiro atoms. The second-order valence-corrected chi connectivity index (χ2v) is 4.12. The lowest BCUT2D eigenvalue weighted by Gasteiger charge is -2.02. The third-order valence-electron chi connectivity index (χ3n) is 2.90. The molecule has 0 saturated carbocycles. The van der Waals surface area contributed by atoms with Crippen molar-refractivity contribution >= 4 is 11.8 Å². The number of esters is 1. The molecule has 0 radical (unpaired) electrons. The van der Waals surface area contributed by atoms with Crippen LogP contribution in [0, 0.1) is 6.92 Å². The summed E-state index contributed by atoms with van der Waals surface area (Å²) in [6, 6.07) is 8.94. The van der Waals surface area contributed by atoms with Gasteiger partial charge in [0, 0.05) is 11.8 Å². The number of rotatable bonds is 4. The molecule has 0 aliphatic carbocycles. The summed E-state index contributed by atoms with van der Waals surface area (Å²) in [4.78, 5) is 26.8. The molecule has 1 aromatic carbocycles. The van der Waals surface area contributed by atoms with Crippen LogP contribution in [0.1, 0.15) is 38.9 Å². The van der Waals surface area contributed by atoms with Gasteiger partial charge in [0.15, 0.2) is 0 Å². The molecule has 1 aromatic heterocycles. The van der Waals surface area contributed by atoms with Gasteiger partial charge in [0.25, 0.3) is 0 Å². The third-order valence-corrected chi connectivity index (χ3v) is 2.90. The molecule has 0 bridgehead atoms. The van der Waals surface area contributed by atoms with Crippen molar-refractivity contribution in [3.63, 3.8) is 0 Å². The van der Waals surface area contributed by atoms with E-state index < -0.39 is 5.97 Å². The van der Waals surface area contributed by atoms with Gasteiger partial charge < -0.3 is 9.72 Å². The number of aromatic nitrogens is 1. The van der Waals surface area contributed by atoms with Crippen molar-refractivity contribution in [3.05, 3.63) is 58.9 Å². The van der Waals surface area contributed by atoms with Crippen LogP contribution in [0.5, 0.6) is 0 Å². The Morgan fingerprint density at radius 1 is 1.21 bits per heavy atom. The lowest BCUT2D eigenvalue weighted by atomic mass is 10.0. The number of H-pyrrole nitrogens is 1. The molecule has 98 valence electrons. The Hall–Kier alpha value is -2.36. The van der Waals surface area contributed by atoms with E-state index in [0.29, 0.717) is 29.0 Å². The van der Waals surface area contributed by atoms with Crippen LogP contribution >= 0.6 is 0 Å². The molecular weight excluding hydrogens is 242 g/mol. The highest BCUT2D eigenvalue weighted by molar-refractivity contribution is 6.10. The molecule has 2 rings (SSSR count). The summed E-state index contributed by atoms with van der Waals surface area (Å²) in [5.74, 6) is -0.544. The summed E-state index contributed by atoms with van der Waals surface area (Å²) in [5.41, 5.74) is 2.03. The average molecular weight is 257 g/mol. The molecule has 0 unspecified atom stereocenters. The number of aromatic amines is 1.